The second-order valence-corrected chi connectivity index (χ2v) is 7.73. The summed E-state index contributed by atoms with van der Waals surface area (Å²) in [6.45, 7) is 1.36. The lowest BCUT2D eigenvalue weighted by atomic mass is 9.88. The van der Waals surface area contributed by atoms with Gasteiger partial charge in [0.1, 0.15) is 11.6 Å². The lowest BCUT2D eigenvalue weighted by Crippen LogP contribution is -2.41. The highest BCUT2D eigenvalue weighted by atomic mass is 127. The van der Waals surface area contributed by atoms with Crippen molar-refractivity contribution in [3.05, 3.63) is 63.2 Å². The van der Waals surface area contributed by atoms with Crippen LogP contribution in [0.25, 0.3) is 0 Å². The number of ketones is 1. The quantitative estimate of drug-likeness (QED) is 0.514. The molecule has 27 heavy (non-hydrogen) atoms. The molecule has 7 heteroatoms. The van der Waals surface area contributed by atoms with E-state index in [2.05, 4.69) is 27.9 Å². The zero-order valence-corrected chi connectivity index (χ0v) is 16.7. The van der Waals surface area contributed by atoms with E-state index in [4.69, 9.17) is 0 Å². The molecule has 1 N–H and O–H groups in total. The van der Waals surface area contributed by atoms with Crippen LogP contribution in [0.1, 0.15) is 23.2 Å². The van der Waals surface area contributed by atoms with E-state index in [1.807, 2.05) is 29.2 Å². The number of hydrogen-bond acceptors (Lipinski definition) is 3. The maximum atomic E-state index is 13.8. The molecule has 1 heterocycles. The summed E-state index contributed by atoms with van der Waals surface area (Å²) in [7, 11) is 0. The minimum atomic E-state index is -0.694. The predicted octanol–water partition coefficient (Wildman–Crippen LogP) is 4.10. The summed E-state index contributed by atoms with van der Waals surface area (Å²) in [4.78, 5) is 26.7. The van der Waals surface area contributed by atoms with Gasteiger partial charge in [-0.05, 0) is 78.9 Å². The third-order valence-corrected chi connectivity index (χ3v) is 5.61. The normalized spacial score (nSPS) is 15.5. The zero-order chi connectivity index (χ0) is 19.4. The Morgan fingerprint density at radius 1 is 1.11 bits per heavy atom. The minimum Gasteiger partial charge on any atom is -0.324 e. The number of para-hydroxylation sites is 1. The number of amides is 1. The first-order valence-electron chi connectivity index (χ1n) is 8.70. The van der Waals surface area contributed by atoms with Gasteiger partial charge < -0.3 is 5.32 Å². The van der Waals surface area contributed by atoms with E-state index in [1.54, 1.807) is 0 Å². The summed E-state index contributed by atoms with van der Waals surface area (Å²) in [5, 5.41) is 2.88. The third kappa shape index (κ3) is 5.10. The van der Waals surface area contributed by atoms with Gasteiger partial charge in [-0.25, -0.2) is 8.78 Å². The summed E-state index contributed by atoms with van der Waals surface area (Å²) >= 11 is 2.16. The predicted molar refractivity (Wildman–Crippen MR) is 108 cm³/mol. The standard InChI is InChI=1S/C20H19F2IN2O2/c21-14-5-6-16(22)15(11-14)20(27)13-7-9-25(10-8-13)12-19(26)24-18-4-2-1-3-17(18)23/h1-6,11,13H,7-10,12H2,(H,24,26). The molecule has 0 radical (unpaired) electrons. The SMILES string of the molecule is O=C(CN1CCC(C(=O)c2cc(F)ccc2F)CC1)Nc1ccccc1I. The highest BCUT2D eigenvalue weighted by Crippen LogP contribution is 2.24. The van der Waals surface area contributed by atoms with Gasteiger partial charge >= 0.3 is 0 Å². The zero-order valence-electron chi connectivity index (χ0n) is 14.6. The summed E-state index contributed by atoms with van der Waals surface area (Å²) < 4.78 is 28.1. The second-order valence-electron chi connectivity index (χ2n) is 6.57. The van der Waals surface area contributed by atoms with Crippen molar-refractivity contribution in [2.45, 2.75) is 12.8 Å². The van der Waals surface area contributed by atoms with Crippen molar-refractivity contribution in [2.24, 2.45) is 5.92 Å². The Hall–Kier alpha value is -1.87. The van der Waals surface area contributed by atoms with Crippen LogP contribution in [0.5, 0.6) is 0 Å². The van der Waals surface area contributed by atoms with Crippen molar-refractivity contribution in [3.63, 3.8) is 0 Å². The molecular formula is C20H19F2IN2O2. The van der Waals surface area contributed by atoms with Gasteiger partial charge in [-0.2, -0.15) is 0 Å². The molecule has 1 saturated heterocycles. The van der Waals surface area contributed by atoms with Crippen molar-refractivity contribution in [1.82, 2.24) is 4.90 Å². The monoisotopic (exact) mass is 484 g/mol. The Balaban J connectivity index is 1.53. The number of carbonyl (C=O) groups excluding carboxylic acids is 2. The molecule has 1 aliphatic rings. The molecule has 2 aromatic carbocycles. The van der Waals surface area contributed by atoms with Gasteiger partial charge in [0.15, 0.2) is 5.78 Å². The fourth-order valence-electron chi connectivity index (χ4n) is 3.21. The maximum Gasteiger partial charge on any atom is 0.238 e. The Labute approximate surface area is 170 Å². The van der Waals surface area contributed by atoms with Crippen LogP contribution in [0.2, 0.25) is 0 Å². The number of benzene rings is 2. The van der Waals surface area contributed by atoms with Crippen LogP contribution in [-0.2, 0) is 4.79 Å². The molecule has 0 atom stereocenters. The van der Waals surface area contributed by atoms with Gasteiger partial charge in [0.2, 0.25) is 5.91 Å². The van der Waals surface area contributed by atoms with Gasteiger partial charge in [-0.15, -0.1) is 0 Å². The fourth-order valence-corrected chi connectivity index (χ4v) is 3.74. The fraction of sp³-hybridized carbons (Fsp3) is 0.300. The largest absolute Gasteiger partial charge is 0.324 e. The third-order valence-electron chi connectivity index (χ3n) is 4.67. The molecular weight excluding hydrogens is 465 g/mol. The molecule has 1 amide bonds. The van der Waals surface area contributed by atoms with Crippen LogP contribution in [0, 0.1) is 21.1 Å². The second kappa shape index (κ2) is 8.88. The molecule has 0 aliphatic carbocycles. The molecule has 0 spiro atoms. The highest BCUT2D eigenvalue weighted by Gasteiger charge is 2.28. The van der Waals surface area contributed by atoms with Crippen molar-refractivity contribution in [2.75, 3.05) is 25.0 Å². The van der Waals surface area contributed by atoms with Gasteiger partial charge in [-0.3, -0.25) is 14.5 Å². The number of Topliss-reactive ketones (excluding diaryl/α,β-unsaturated/α-hetero) is 1. The number of piperidine rings is 1. The Morgan fingerprint density at radius 2 is 1.81 bits per heavy atom. The average Bonchev–Trinajstić information content (AvgIpc) is 2.65. The highest BCUT2D eigenvalue weighted by molar-refractivity contribution is 14.1. The van der Waals surface area contributed by atoms with E-state index in [0.717, 1.165) is 27.5 Å². The van der Waals surface area contributed by atoms with Crippen molar-refractivity contribution < 1.29 is 18.4 Å². The summed E-state index contributed by atoms with van der Waals surface area (Å²) in [6, 6.07) is 10.5. The maximum absolute atomic E-state index is 13.8. The number of nitrogens with zero attached hydrogens (tertiary/aromatic N) is 1. The van der Waals surface area contributed by atoms with Crippen molar-refractivity contribution >= 4 is 40.0 Å². The Kier molecular flexibility index (Phi) is 6.54. The first kappa shape index (κ1) is 19.9. The molecule has 1 fully saturated rings. The van der Waals surface area contributed by atoms with E-state index >= 15 is 0 Å². The van der Waals surface area contributed by atoms with Gasteiger partial charge in [0.05, 0.1) is 17.8 Å². The lowest BCUT2D eigenvalue weighted by Gasteiger charge is -2.30. The van der Waals surface area contributed by atoms with E-state index in [1.165, 1.54) is 0 Å². The van der Waals surface area contributed by atoms with Crippen LogP contribution < -0.4 is 5.32 Å². The Morgan fingerprint density at radius 3 is 2.52 bits per heavy atom. The minimum absolute atomic E-state index is 0.111. The summed E-state index contributed by atoms with van der Waals surface area (Å²) in [6.07, 6.45) is 1.04. The summed E-state index contributed by atoms with van der Waals surface area (Å²) in [5.74, 6) is -2.14. The smallest absolute Gasteiger partial charge is 0.238 e. The lowest BCUT2D eigenvalue weighted by molar-refractivity contribution is -0.117. The van der Waals surface area contributed by atoms with E-state index < -0.39 is 11.6 Å². The van der Waals surface area contributed by atoms with Crippen LogP contribution in [0.3, 0.4) is 0 Å². The molecule has 0 unspecified atom stereocenters. The molecule has 4 nitrogen and oxygen atoms in total. The molecule has 1 aliphatic heterocycles. The number of carbonyl (C=O) groups is 2. The average molecular weight is 484 g/mol. The van der Waals surface area contributed by atoms with Crippen molar-refractivity contribution in [3.8, 4) is 0 Å². The van der Waals surface area contributed by atoms with Gasteiger partial charge in [0, 0.05) is 9.49 Å². The van der Waals surface area contributed by atoms with Gasteiger partial charge in [0.25, 0.3) is 0 Å². The number of likely N-dealkylation sites (tertiary alicyclic amines) is 1. The molecule has 0 saturated carbocycles. The van der Waals surface area contributed by atoms with Crippen LogP contribution in [0.4, 0.5) is 14.5 Å². The first-order valence-corrected chi connectivity index (χ1v) is 9.78. The van der Waals surface area contributed by atoms with Crippen molar-refractivity contribution in [1.29, 1.82) is 0 Å². The molecule has 0 bridgehead atoms. The number of anilines is 1. The van der Waals surface area contributed by atoms with Gasteiger partial charge in [-0.1, -0.05) is 12.1 Å². The number of nitrogens with one attached hydrogen (secondary N) is 1. The Bertz CT molecular complexity index is 852. The van der Waals surface area contributed by atoms with E-state index in [0.29, 0.717) is 25.9 Å². The van der Waals surface area contributed by atoms with E-state index in [9.17, 15) is 18.4 Å². The topological polar surface area (TPSA) is 49.4 Å². The van der Waals surface area contributed by atoms with E-state index in [-0.39, 0.29) is 29.7 Å². The number of halogens is 3. The molecule has 142 valence electrons. The van der Waals surface area contributed by atoms with Crippen LogP contribution >= 0.6 is 22.6 Å². The van der Waals surface area contributed by atoms with Crippen LogP contribution in [-0.4, -0.2) is 36.2 Å². The molecule has 0 aromatic heterocycles. The molecule has 3 rings (SSSR count). The molecule has 2 aromatic rings. The van der Waals surface area contributed by atoms with Crippen LogP contribution in [0.15, 0.2) is 42.5 Å². The number of rotatable bonds is 5. The summed E-state index contributed by atoms with van der Waals surface area (Å²) in [5.41, 5.74) is 0.583. The number of hydrogen-bond donors (Lipinski definition) is 1. The first-order chi connectivity index (χ1) is 12.9.